The van der Waals surface area contributed by atoms with Crippen LogP contribution in [0.2, 0.25) is 5.02 Å². The standard InChI is InChI=1S/C10H15ClN4O/c1-10(4-12)2-3-15(5-10)8-7(11)9(16)14-6-13-8/h6H,2-5,12H2,1H3,(H,13,14,16). The van der Waals surface area contributed by atoms with E-state index in [4.69, 9.17) is 17.3 Å². The minimum atomic E-state index is -0.298. The molecule has 1 aromatic rings. The normalized spacial score (nSPS) is 25.1. The first-order valence-corrected chi connectivity index (χ1v) is 5.62. The molecule has 1 fully saturated rings. The summed E-state index contributed by atoms with van der Waals surface area (Å²) < 4.78 is 0. The fourth-order valence-electron chi connectivity index (χ4n) is 1.97. The largest absolute Gasteiger partial charge is 0.355 e. The van der Waals surface area contributed by atoms with E-state index in [1.165, 1.54) is 6.33 Å². The van der Waals surface area contributed by atoms with Gasteiger partial charge in [-0.3, -0.25) is 4.79 Å². The van der Waals surface area contributed by atoms with Crippen LogP contribution in [0.5, 0.6) is 0 Å². The lowest BCUT2D eigenvalue weighted by atomic mass is 9.90. The summed E-state index contributed by atoms with van der Waals surface area (Å²) >= 11 is 5.93. The van der Waals surface area contributed by atoms with Crippen molar-refractivity contribution in [2.45, 2.75) is 13.3 Å². The van der Waals surface area contributed by atoms with Crippen LogP contribution in [0.4, 0.5) is 5.82 Å². The minimum Gasteiger partial charge on any atom is -0.355 e. The zero-order valence-electron chi connectivity index (χ0n) is 9.16. The molecular weight excluding hydrogens is 228 g/mol. The average molecular weight is 243 g/mol. The molecule has 0 saturated carbocycles. The molecule has 0 aliphatic carbocycles. The summed E-state index contributed by atoms with van der Waals surface area (Å²) in [6, 6.07) is 0. The third kappa shape index (κ3) is 1.92. The van der Waals surface area contributed by atoms with Gasteiger partial charge in [-0.25, -0.2) is 4.98 Å². The molecule has 16 heavy (non-hydrogen) atoms. The number of rotatable bonds is 2. The number of nitrogens with zero attached hydrogens (tertiary/aromatic N) is 2. The van der Waals surface area contributed by atoms with Crippen molar-refractivity contribution >= 4 is 17.4 Å². The van der Waals surface area contributed by atoms with Crippen molar-refractivity contribution in [1.29, 1.82) is 0 Å². The Morgan fingerprint density at radius 2 is 2.50 bits per heavy atom. The summed E-state index contributed by atoms with van der Waals surface area (Å²) in [6.07, 6.45) is 2.37. The summed E-state index contributed by atoms with van der Waals surface area (Å²) in [7, 11) is 0. The maximum Gasteiger partial charge on any atom is 0.271 e. The predicted molar refractivity (Wildman–Crippen MR) is 63.9 cm³/mol. The van der Waals surface area contributed by atoms with Crippen molar-refractivity contribution in [1.82, 2.24) is 9.97 Å². The van der Waals surface area contributed by atoms with Gasteiger partial charge >= 0.3 is 0 Å². The van der Waals surface area contributed by atoms with E-state index >= 15 is 0 Å². The number of aromatic nitrogens is 2. The van der Waals surface area contributed by atoms with Gasteiger partial charge in [0.1, 0.15) is 5.02 Å². The van der Waals surface area contributed by atoms with Crippen LogP contribution in [0.25, 0.3) is 0 Å². The zero-order chi connectivity index (χ0) is 11.8. The first-order chi connectivity index (χ1) is 7.56. The highest BCUT2D eigenvalue weighted by Crippen LogP contribution is 2.32. The van der Waals surface area contributed by atoms with Gasteiger partial charge in [0.25, 0.3) is 5.56 Å². The maximum atomic E-state index is 11.3. The molecular formula is C10H15ClN4O. The molecule has 2 rings (SSSR count). The fraction of sp³-hybridized carbons (Fsp3) is 0.600. The van der Waals surface area contributed by atoms with Gasteiger partial charge in [0.05, 0.1) is 6.33 Å². The van der Waals surface area contributed by atoms with Crippen molar-refractivity contribution in [2.24, 2.45) is 11.1 Å². The average Bonchev–Trinajstić information content (AvgIpc) is 2.66. The molecule has 5 nitrogen and oxygen atoms in total. The lowest BCUT2D eigenvalue weighted by Gasteiger charge is -2.23. The van der Waals surface area contributed by atoms with Crippen LogP contribution < -0.4 is 16.2 Å². The second-order valence-electron chi connectivity index (χ2n) is 4.56. The van der Waals surface area contributed by atoms with Crippen molar-refractivity contribution in [3.05, 3.63) is 21.7 Å². The topological polar surface area (TPSA) is 75.0 Å². The van der Waals surface area contributed by atoms with Crippen LogP contribution in [0.3, 0.4) is 0 Å². The summed E-state index contributed by atoms with van der Waals surface area (Å²) in [5, 5.41) is 0.156. The second kappa shape index (κ2) is 4.07. The molecule has 3 N–H and O–H groups in total. The third-order valence-electron chi connectivity index (χ3n) is 3.13. The number of hydrogen-bond donors (Lipinski definition) is 2. The summed E-state index contributed by atoms with van der Waals surface area (Å²) in [5.41, 5.74) is 5.52. The lowest BCUT2D eigenvalue weighted by Crippen LogP contribution is -2.32. The van der Waals surface area contributed by atoms with E-state index in [9.17, 15) is 4.79 Å². The molecule has 1 saturated heterocycles. The van der Waals surface area contributed by atoms with Gasteiger partial charge in [-0.2, -0.15) is 0 Å². The summed E-state index contributed by atoms with van der Waals surface area (Å²) in [6.45, 7) is 4.39. The zero-order valence-corrected chi connectivity index (χ0v) is 9.92. The number of halogens is 1. The molecule has 0 spiro atoms. The monoisotopic (exact) mass is 242 g/mol. The third-order valence-corrected chi connectivity index (χ3v) is 3.47. The molecule has 1 atom stereocenters. The summed E-state index contributed by atoms with van der Waals surface area (Å²) in [4.78, 5) is 19.9. The highest BCUT2D eigenvalue weighted by Gasteiger charge is 2.34. The van der Waals surface area contributed by atoms with Crippen LogP contribution in [-0.2, 0) is 0 Å². The van der Waals surface area contributed by atoms with E-state index in [2.05, 4.69) is 16.9 Å². The van der Waals surface area contributed by atoms with E-state index in [1.54, 1.807) is 0 Å². The van der Waals surface area contributed by atoms with Crippen molar-refractivity contribution in [3.63, 3.8) is 0 Å². The van der Waals surface area contributed by atoms with Crippen LogP contribution in [-0.4, -0.2) is 29.6 Å². The van der Waals surface area contributed by atoms with Gasteiger partial charge in [-0.15, -0.1) is 0 Å². The minimum absolute atomic E-state index is 0.0909. The van der Waals surface area contributed by atoms with Crippen LogP contribution >= 0.6 is 11.6 Å². The molecule has 1 unspecified atom stereocenters. The summed E-state index contributed by atoms with van der Waals surface area (Å²) in [5.74, 6) is 0.558. The van der Waals surface area contributed by atoms with Gasteiger partial charge in [0, 0.05) is 13.1 Å². The Morgan fingerprint density at radius 1 is 1.75 bits per heavy atom. The Labute approximate surface area is 98.6 Å². The van der Waals surface area contributed by atoms with Gasteiger partial charge in [-0.05, 0) is 18.4 Å². The number of nitrogens with one attached hydrogen (secondary N) is 1. The Bertz CT molecular complexity index is 447. The van der Waals surface area contributed by atoms with Crippen LogP contribution in [0.15, 0.2) is 11.1 Å². The lowest BCUT2D eigenvalue weighted by molar-refractivity contribution is 0.383. The highest BCUT2D eigenvalue weighted by molar-refractivity contribution is 6.32. The molecule has 1 aliphatic heterocycles. The maximum absolute atomic E-state index is 11.3. The quantitative estimate of drug-likeness (QED) is 0.797. The van der Waals surface area contributed by atoms with E-state index in [1.807, 2.05) is 4.90 Å². The Morgan fingerprint density at radius 3 is 3.12 bits per heavy atom. The molecule has 0 aromatic carbocycles. The van der Waals surface area contributed by atoms with E-state index in [-0.39, 0.29) is 16.0 Å². The number of aromatic amines is 1. The van der Waals surface area contributed by atoms with Gasteiger partial charge < -0.3 is 15.6 Å². The van der Waals surface area contributed by atoms with E-state index < -0.39 is 0 Å². The number of H-pyrrole nitrogens is 1. The second-order valence-corrected chi connectivity index (χ2v) is 4.93. The molecule has 88 valence electrons. The Balaban J connectivity index is 2.27. The van der Waals surface area contributed by atoms with Crippen molar-refractivity contribution < 1.29 is 0 Å². The van der Waals surface area contributed by atoms with Gasteiger partial charge in [0.15, 0.2) is 5.82 Å². The van der Waals surface area contributed by atoms with E-state index in [0.29, 0.717) is 12.4 Å². The van der Waals surface area contributed by atoms with Crippen LogP contribution in [0, 0.1) is 5.41 Å². The fourth-order valence-corrected chi connectivity index (χ4v) is 2.19. The Kier molecular flexibility index (Phi) is 2.90. The van der Waals surface area contributed by atoms with Gasteiger partial charge in [-0.1, -0.05) is 18.5 Å². The molecule has 2 heterocycles. The first-order valence-electron chi connectivity index (χ1n) is 5.24. The first kappa shape index (κ1) is 11.4. The number of nitrogens with two attached hydrogens (primary N) is 1. The smallest absolute Gasteiger partial charge is 0.271 e. The molecule has 1 aromatic heterocycles. The number of hydrogen-bond acceptors (Lipinski definition) is 4. The van der Waals surface area contributed by atoms with Crippen LogP contribution in [0.1, 0.15) is 13.3 Å². The Hall–Kier alpha value is -1.07. The molecule has 1 aliphatic rings. The van der Waals surface area contributed by atoms with E-state index in [0.717, 1.165) is 19.5 Å². The predicted octanol–water partition coefficient (Wildman–Crippen LogP) is 0.598. The molecule has 0 bridgehead atoms. The number of anilines is 1. The molecule has 0 amide bonds. The van der Waals surface area contributed by atoms with Gasteiger partial charge in [0.2, 0.25) is 0 Å². The SMILES string of the molecule is CC1(CN)CCN(c2nc[nH]c(=O)c2Cl)C1. The molecule has 0 radical (unpaired) electrons. The molecule has 6 heteroatoms. The van der Waals surface area contributed by atoms with Crippen molar-refractivity contribution in [2.75, 3.05) is 24.5 Å². The highest BCUT2D eigenvalue weighted by atomic mass is 35.5. The van der Waals surface area contributed by atoms with Crippen molar-refractivity contribution in [3.8, 4) is 0 Å².